The zero-order chi connectivity index (χ0) is 21.3. The summed E-state index contributed by atoms with van der Waals surface area (Å²) in [6.07, 6.45) is 2.01. The minimum Gasteiger partial charge on any atom is -0.486 e. The van der Waals surface area contributed by atoms with Crippen molar-refractivity contribution < 1.29 is 24.2 Å². The fourth-order valence-corrected chi connectivity index (χ4v) is 3.38. The second-order valence-electron chi connectivity index (χ2n) is 6.46. The van der Waals surface area contributed by atoms with Gasteiger partial charge >= 0.3 is 5.97 Å². The Hall–Kier alpha value is -3.39. The van der Waals surface area contributed by atoms with Gasteiger partial charge in [-0.2, -0.15) is 0 Å². The molecule has 0 aliphatic carbocycles. The molecule has 0 unspecified atom stereocenters. The van der Waals surface area contributed by atoms with Gasteiger partial charge < -0.3 is 19.9 Å². The number of carboxylic acids is 1. The van der Waals surface area contributed by atoms with Gasteiger partial charge in [0.25, 0.3) is 5.91 Å². The van der Waals surface area contributed by atoms with E-state index in [1.54, 1.807) is 59.9 Å². The molecule has 8 heteroatoms. The smallest absolute Gasteiger partial charge is 0.341 e. The topological polar surface area (TPSA) is 97.8 Å². The first kappa shape index (κ1) is 21.3. The van der Waals surface area contributed by atoms with Crippen LogP contribution in [0, 0.1) is 0 Å². The number of ether oxygens (including phenoxy) is 2. The van der Waals surface area contributed by atoms with Gasteiger partial charge in [0.15, 0.2) is 6.61 Å². The standard InChI is InChI=1S/C22H22N2O5S/c1-2-4-17-14-30-20(23-17)12-28-19-6-3-5-15(11-19)22(27)24-16-7-9-18(10-8-16)29-13-21(25)26/h3,5-11,14H,2,4,12-13H2,1H3,(H,24,27)(H,25,26). The maximum Gasteiger partial charge on any atom is 0.341 e. The van der Waals surface area contributed by atoms with Gasteiger partial charge in [-0.15, -0.1) is 11.3 Å². The first-order valence-corrected chi connectivity index (χ1v) is 10.3. The first-order chi connectivity index (χ1) is 14.5. The number of nitrogens with one attached hydrogen (secondary N) is 1. The number of anilines is 1. The molecule has 1 amide bonds. The Morgan fingerprint density at radius 2 is 1.90 bits per heavy atom. The average molecular weight is 426 g/mol. The maximum absolute atomic E-state index is 12.5. The van der Waals surface area contributed by atoms with Gasteiger partial charge in [-0.25, -0.2) is 9.78 Å². The number of amides is 1. The third-order valence-electron chi connectivity index (χ3n) is 4.04. The lowest BCUT2D eigenvalue weighted by Gasteiger charge is -2.09. The molecule has 0 spiro atoms. The number of hydrogen-bond donors (Lipinski definition) is 2. The number of nitrogens with zero attached hydrogens (tertiary/aromatic N) is 1. The number of thiazole rings is 1. The van der Waals surface area contributed by atoms with Crippen molar-refractivity contribution >= 4 is 28.9 Å². The number of carbonyl (C=O) groups is 2. The van der Waals surface area contributed by atoms with Crippen LogP contribution in [0.1, 0.15) is 34.4 Å². The Morgan fingerprint density at radius 1 is 1.10 bits per heavy atom. The van der Waals surface area contributed by atoms with Crippen LogP contribution in [0.4, 0.5) is 5.69 Å². The largest absolute Gasteiger partial charge is 0.486 e. The zero-order valence-corrected chi connectivity index (χ0v) is 17.3. The minimum absolute atomic E-state index is 0.279. The molecule has 3 rings (SSSR count). The summed E-state index contributed by atoms with van der Waals surface area (Å²) < 4.78 is 10.9. The molecule has 0 radical (unpaired) electrons. The molecule has 156 valence electrons. The highest BCUT2D eigenvalue weighted by molar-refractivity contribution is 7.09. The van der Waals surface area contributed by atoms with Gasteiger partial charge in [0, 0.05) is 16.6 Å². The number of hydrogen-bond acceptors (Lipinski definition) is 6. The van der Waals surface area contributed by atoms with Gasteiger partial charge in [-0.05, 0) is 48.9 Å². The van der Waals surface area contributed by atoms with Crippen LogP contribution in [-0.2, 0) is 17.8 Å². The number of carbonyl (C=O) groups excluding carboxylic acids is 1. The van der Waals surface area contributed by atoms with Crippen molar-refractivity contribution in [3.05, 3.63) is 70.2 Å². The summed E-state index contributed by atoms with van der Waals surface area (Å²) in [7, 11) is 0. The summed E-state index contributed by atoms with van der Waals surface area (Å²) in [5.41, 5.74) is 2.11. The molecule has 0 saturated carbocycles. The van der Waals surface area contributed by atoms with Gasteiger partial charge in [0.2, 0.25) is 0 Å². The predicted molar refractivity (Wildman–Crippen MR) is 114 cm³/mol. The van der Waals surface area contributed by atoms with Crippen LogP contribution >= 0.6 is 11.3 Å². The molecule has 2 N–H and O–H groups in total. The summed E-state index contributed by atoms with van der Waals surface area (Å²) in [5.74, 6) is -0.327. The van der Waals surface area contributed by atoms with Crippen LogP contribution in [0.5, 0.6) is 11.5 Å². The average Bonchev–Trinajstić information content (AvgIpc) is 3.20. The number of aliphatic carboxylic acids is 1. The quantitative estimate of drug-likeness (QED) is 0.499. The highest BCUT2D eigenvalue weighted by atomic mass is 32.1. The van der Waals surface area contributed by atoms with Crippen molar-refractivity contribution in [3.8, 4) is 11.5 Å². The maximum atomic E-state index is 12.5. The van der Waals surface area contributed by atoms with Crippen molar-refractivity contribution in [2.75, 3.05) is 11.9 Å². The molecule has 2 aromatic carbocycles. The number of carboxylic acid groups (broad SMARTS) is 1. The molecule has 0 atom stereocenters. The Morgan fingerprint density at radius 3 is 2.63 bits per heavy atom. The normalized spacial score (nSPS) is 10.4. The van der Waals surface area contributed by atoms with E-state index in [1.165, 1.54) is 0 Å². The van der Waals surface area contributed by atoms with Crippen LogP contribution in [0.3, 0.4) is 0 Å². The van der Waals surface area contributed by atoms with Gasteiger partial charge in [-0.1, -0.05) is 19.4 Å². The second kappa shape index (κ2) is 10.4. The molecular formula is C22H22N2O5S. The Bertz CT molecular complexity index is 1000. The Labute approximate surface area is 178 Å². The van der Waals surface area contributed by atoms with E-state index in [0.29, 0.717) is 29.4 Å². The minimum atomic E-state index is -1.05. The van der Waals surface area contributed by atoms with Crippen LogP contribution in [0.2, 0.25) is 0 Å². The third kappa shape index (κ3) is 6.31. The highest BCUT2D eigenvalue weighted by Gasteiger charge is 2.09. The number of aromatic nitrogens is 1. The number of benzene rings is 2. The molecule has 0 saturated heterocycles. The first-order valence-electron chi connectivity index (χ1n) is 9.45. The third-order valence-corrected chi connectivity index (χ3v) is 4.91. The molecule has 3 aromatic rings. The van der Waals surface area contributed by atoms with Gasteiger partial charge in [0.05, 0.1) is 5.69 Å². The fourth-order valence-electron chi connectivity index (χ4n) is 2.64. The van der Waals surface area contributed by atoms with Gasteiger partial charge in [-0.3, -0.25) is 4.79 Å². The molecule has 7 nitrogen and oxygen atoms in total. The summed E-state index contributed by atoms with van der Waals surface area (Å²) in [6, 6.07) is 13.4. The van der Waals surface area contributed by atoms with E-state index in [4.69, 9.17) is 14.6 Å². The van der Waals surface area contributed by atoms with Crippen molar-refractivity contribution in [1.82, 2.24) is 4.98 Å². The lowest BCUT2D eigenvalue weighted by atomic mass is 10.2. The van der Waals surface area contributed by atoms with Crippen LogP contribution in [0.25, 0.3) is 0 Å². The summed E-state index contributed by atoms with van der Waals surface area (Å²) in [6.45, 7) is 2.06. The van der Waals surface area contributed by atoms with Crippen molar-refractivity contribution in [3.63, 3.8) is 0 Å². The molecule has 0 aliphatic heterocycles. The molecular weight excluding hydrogens is 404 g/mol. The summed E-state index contributed by atoms with van der Waals surface area (Å²) in [5, 5.41) is 14.4. The van der Waals surface area contributed by atoms with Crippen LogP contribution < -0.4 is 14.8 Å². The van der Waals surface area contributed by atoms with E-state index in [9.17, 15) is 9.59 Å². The van der Waals surface area contributed by atoms with E-state index in [0.717, 1.165) is 23.5 Å². The monoisotopic (exact) mass is 426 g/mol. The molecule has 0 aliphatic rings. The van der Waals surface area contributed by atoms with Crippen molar-refractivity contribution in [2.24, 2.45) is 0 Å². The van der Waals surface area contributed by atoms with E-state index in [2.05, 4.69) is 17.2 Å². The number of rotatable bonds is 10. The van der Waals surface area contributed by atoms with E-state index in [1.807, 2.05) is 5.38 Å². The number of aryl methyl sites for hydroxylation is 1. The summed E-state index contributed by atoms with van der Waals surface area (Å²) in [4.78, 5) is 27.6. The lowest BCUT2D eigenvalue weighted by Crippen LogP contribution is -2.12. The summed E-state index contributed by atoms with van der Waals surface area (Å²) >= 11 is 1.57. The van der Waals surface area contributed by atoms with Crippen molar-refractivity contribution in [1.29, 1.82) is 0 Å². The Balaban J connectivity index is 1.56. The van der Waals surface area contributed by atoms with Crippen LogP contribution in [0.15, 0.2) is 53.9 Å². The van der Waals surface area contributed by atoms with Crippen molar-refractivity contribution in [2.45, 2.75) is 26.4 Å². The second-order valence-corrected chi connectivity index (χ2v) is 7.40. The van der Waals surface area contributed by atoms with Gasteiger partial charge in [0.1, 0.15) is 23.1 Å². The molecule has 1 aromatic heterocycles. The highest BCUT2D eigenvalue weighted by Crippen LogP contribution is 2.20. The molecule has 0 fully saturated rings. The van der Waals surface area contributed by atoms with E-state index in [-0.39, 0.29) is 5.91 Å². The van der Waals surface area contributed by atoms with E-state index >= 15 is 0 Å². The fraction of sp³-hybridized carbons (Fsp3) is 0.227. The molecule has 0 bridgehead atoms. The lowest BCUT2D eigenvalue weighted by molar-refractivity contribution is -0.139. The Kier molecular flexibility index (Phi) is 7.40. The zero-order valence-electron chi connectivity index (χ0n) is 16.5. The SMILES string of the molecule is CCCc1csc(COc2cccc(C(=O)Nc3ccc(OCC(=O)O)cc3)c2)n1. The van der Waals surface area contributed by atoms with E-state index < -0.39 is 12.6 Å². The predicted octanol–water partition coefficient (Wildman–Crippen LogP) is 4.39. The molecule has 1 heterocycles. The van der Waals surface area contributed by atoms with Crippen LogP contribution in [-0.4, -0.2) is 28.6 Å². The molecule has 30 heavy (non-hydrogen) atoms.